The zero-order valence-electron chi connectivity index (χ0n) is 9.50. The van der Waals surface area contributed by atoms with Crippen LogP contribution >= 0.6 is 0 Å². The van der Waals surface area contributed by atoms with Crippen LogP contribution in [-0.4, -0.2) is 35.5 Å². The number of amides is 1. The van der Waals surface area contributed by atoms with E-state index in [2.05, 4.69) is 0 Å². The first-order valence-corrected chi connectivity index (χ1v) is 5.70. The van der Waals surface area contributed by atoms with Crippen LogP contribution in [0.1, 0.15) is 22.3 Å². The van der Waals surface area contributed by atoms with Gasteiger partial charge in [0, 0.05) is 12.0 Å². The summed E-state index contributed by atoms with van der Waals surface area (Å²) in [6.07, 6.45) is 0.424. The molecular weight excluding hydrogens is 232 g/mol. The third-order valence-corrected chi connectivity index (χ3v) is 3.32. The first kappa shape index (κ1) is 10.8. The van der Waals surface area contributed by atoms with E-state index in [-0.39, 0.29) is 18.0 Å². The second kappa shape index (κ2) is 3.84. The standard InChI is InChI=1S/C13H10N2O3/c14-6-8-2-1-3-9(4-8)12(16)15-7-10-5-11(15)13(17)18-10/h1-4,10-11H,5,7H2/t10-,11+/m1/s1. The molecule has 2 fully saturated rings. The number of nitrogens with zero attached hydrogens (tertiary/aromatic N) is 2. The minimum Gasteiger partial charge on any atom is -0.459 e. The number of hydrogen-bond acceptors (Lipinski definition) is 4. The average molecular weight is 242 g/mol. The Hall–Kier alpha value is -2.35. The molecule has 0 spiro atoms. The molecule has 3 rings (SSSR count). The van der Waals surface area contributed by atoms with Gasteiger partial charge in [-0.25, -0.2) is 4.79 Å². The van der Waals surface area contributed by atoms with E-state index in [1.54, 1.807) is 24.3 Å². The molecule has 1 aromatic carbocycles. The monoisotopic (exact) mass is 242 g/mol. The van der Waals surface area contributed by atoms with E-state index in [0.29, 0.717) is 24.1 Å². The van der Waals surface area contributed by atoms with E-state index in [9.17, 15) is 9.59 Å². The lowest BCUT2D eigenvalue weighted by atomic mass is 10.1. The number of morpholine rings is 1. The van der Waals surface area contributed by atoms with E-state index >= 15 is 0 Å². The number of nitriles is 1. The Morgan fingerprint density at radius 2 is 2.33 bits per heavy atom. The van der Waals surface area contributed by atoms with Crippen LogP contribution in [0.4, 0.5) is 0 Å². The van der Waals surface area contributed by atoms with Crippen LogP contribution in [0.5, 0.6) is 0 Å². The number of carbonyl (C=O) groups excluding carboxylic acids is 2. The summed E-state index contributed by atoms with van der Waals surface area (Å²) in [5.74, 6) is -0.535. The van der Waals surface area contributed by atoms with Crippen LogP contribution in [0, 0.1) is 11.3 Å². The summed E-state index contributed by atoms with van der Waals surface area (Å²) in [5.41, 5.74) is 0.877. The third kappa shape index (κ3) is 1.54. The molecule has 1 amide bonds. The molecule has 18 heavy (non-hydrogen) atoms. The van der Waals surface area contributed by atoms with Gasteiger partial charge < -0.3 is 9.64 Å². The molecule has 2 aliphatic heterocycles. The van der Waals surface area contributed by atoms with Gasteiger partial charge in [-0.15, -0.1) is 0 Å². The number of hydrogen-bond donors (Lipinski definition) is 0. The average Bonchev–Trinajstić information content (AvgIpc) is 2.96. The Labute approximate surface area is 104 Å². The van der Waals surface area contributed by atoms with E-state index in [1.807, 2.05) is 6.07 Å². The molecule has 2 bridgehead atoms. The van der Waals surface area contributed by atoms with Crippen molar-refractivity contribution in [1.29, 1.82) is 5.26 Å². The van der Waals surface area contributed by atoms with Crippen molar-refractivity contribution >= 4 is 11.9 Å². The normalized spacial score (nSPS) is 24.8. The minimum absolute atomic E-state index is 0.161. The Balaban J connectivity index is 1.87. The molecule has 0 N–H and O–H groups in total. The second-order valence-electron chi connectivity index (χ2n) is 4.46. The van der Waals surface area contributed by atoms with E-state index < -0.39 is 6.04 Å². The van der Waals surface area contributed by atoms with Crippen LogP contribution < -0.4 is 0 Å². The van der Waals surface area contributed by atoms with Gasteiger partial charge in [0.25, 0.3) is 5.91 Å². The lowest BCUT2D eigenvalue weighted by Gasteiger charge is -2.25. The van der Waals surface area contributed by atoms with Crippen molar-refractivity contribution in [3.8, 4) is 6.07 Å². The fourth-order valence-corrected chi connectivity index (χ4v) is 2.46. The van der Waals surface area contributed by atoms with Gasteiger partial charge in [-0.3, -0.25) is 4.79 Å². The van der Waals surface area contributed by atoms with Gasteiger partial charge in [-0.1, -0.05) is 6.07 Å². The number of esters is 1. The molecule has 0 unspecified atom stereocenters. The van der Waals surface area contributed by atoms with Gasteiger partial charge in [0.2, 0.25) is 0 Å². The van der Waals surface area contributed by atoms with Crippen molar-refractivity contribution in [2.45, 2.75) is 18.6 Å². The van der Waals surface area contributed by atoms with Crippen molar-refractivity contribution in [3.63, 3.8) is 0 Å². The summed E-state index contributed by atoms with van der Waals surface area (Å²) in [4.78, 5) is 25.2. The van der Waals surface area contributed by atoms with Gasteiger partial charge >= 0.3 is 5.97 Å². The van der Waals surface area contributed by atoms with E-state index in [4.69, 9.17) is 10.00 Å². The lowest BCUT2D eigenvalue weighted by molar-refractivity contribution is -0.149. The summed E-state index contributed by atoms with van der Waals surface area (Å²) in [7, 11) is 0. The number of likely N-dealkylation sites (tertiary alicyclic amines) is 1. The van der Waals surface area contributed by atoms with Crippen LogP contribution in [0.2, 0.25) is 0 Å². The van der Waals surface area contributed by atoms with Crippen molar-refractivity contribution in [2.75, 3.05) is 6.54 Å². The van der Waals surface area contributed by atoms with Crippen LogP contribution in [0.25, 0.3) is 0 Å². The summed E-state index contributed by atoms with van der Waals surface area (Å²) >= 11 is 0. The molecular formula is C13H10N2O3. The molecule has 0 aromatic heterocycles. The molecule has 0 saturated carbocycles. The molecule has 0 aliphatic carbocycles. The first-order valence-electron chi connectivity index (χ1n) is 5.70. The fraction of sp³-hybridized carbons (Fsp3) is 0.308. The van der Waals surface area contributed by atoms with E-state index in [0.717, 1.165) is 0 Å². The summed E-state index contributed by atoms with van der Waals surface area (Å²) < 4.78 is 5.04. The van der Waals surface area contributed by atoms with Gasteiger partial charge in [0.1, 0.15) is 12.1 Å². The van der Waals surface area contributed by atoms with Gasteiger partial charge in [-0.2, -0.15) is 5.26 Å². The third-order valence-electron chi connectivity index (χ3n) is 3.32. The molecule has 5 nitrogen and oxygen atoms in total. The molecule has 2 atom stereocenters. The summed E-state index contributed by atoms with van der Waals surface area (Å²) in [5, 5.41) is 8.81. The van der Waals surface area contributed by atoms with E-state index in [1.165, 1.54) is 4.90 Å². The quantitative estimate of drug-likeness (QED) is 0.679. The van der Waals surface area contributed by atoms with Crippen LogP contribution in [0.15, 0.2) is 24.3 Å². The number of rotatable bonds is 1. The summed E-state index contributed by atoms with van der Waals surface area (Å²) in [6.45, 7) is 0.450. The Morgan fingerprint density at radius 3 is 3.00 bits per heavy atom. The first-order chi connectivity index (χ1) is 8.69. The zero-order valence-corrected chi connectivity index (χ0v) is 9.50. The lowest BCUT2D eigenvalue weighted by Crippen LogP contribution is -2.44. The SMILES string of the molecule is N#Cc1cccc(C(=O)N2C[C@H]3C[C@H]2C(=O)O3)c1. The van der Waals surface area contributed by atoms with Gasteiger partial charge in [-0.05, 0) is 18.2 Å². The molecule has 1 aromatic rings. The summed E-state index contributed by atoms with van der Waals surface area (Å²) in [6, 6.07) is 8.04. The maximum absolute atomic E-state index is 12.3. The van der Waals surface area contributed by atoms with Crippen LogP contribution in [0.3, 0.4) is 0 Å². The Kier molecular flexibility index (Phi) is 2.30. The number of carbonyl (C=O) groups is 2. The molecule has 0 radical (unpaired) electrons. The number of fused-ring (bicyclic) bond motifs is 2. The molecule has 2 saturated heterocycles. The number of benzene rings is 1. The smallest absolute Gasteiger partial charge is 0.329 e. The van der Waals surface area contributed by atoms with Gasteiger partial charge in [0.15, 0.2) is 0 Å². The highest BCUT2D eigenvalue weighted by Gasteiger charge is 2.48. The second-order valence-corrected chi connectivity index (χ2v) is 4.46. The largest absolute Gasteiger partial charge is 0.459 e. The zero-order chi connectivity index (χ0) is 12.7. The molecule has 90 valence electrons. The fourth-order valence-electron chi connectivity index (χ4n) is 2.46. The molecule has 2 aliphatic rings. The molecule has 5 heteroatoms. The Bertz CT molecular complexity index is 576. The van der Waals surface area contributed by atoms with Crippen molar-refractivity contribution in [1.82, 2.24) is 4.90 Å². The Morgan fingerprint density at radius 1 is 1.50 bits per heavy atom. The highest BCUT2D eigenvalue weighted by atomic mass is 16.6. The predicted octanol–water partition coefficient (Wildman–Crippen LogP) is 0.698. The van der Waals surface area contributed by atoms with Crippen molar-refractivity contribution in [2.24, 2.45) is 0 Å². The topological polar surface area (TPSA) is 70.4 Å². The molecule has 2 heterocycles. The van der Waals surface area contributed by atoms with Crippen LogP contribution in [-0.2, 0) is 9.53 Å². The number of ether oxygens (including phenoxy) is 1. The maximum atomic E-state index is 12.3. The highest BCUT2D eigenvalue weighted by molar-refractivity contribution is 5.98. The highest BCUT2D eigenvalue weighted by Crippen LogP contribution is 2.30. The van der Waals surface area contributed by atoms with Crippen molar-refractivity contribution < 1.29 is 14.3 Å². The minimum atomic E-state index is -0.451. The van der Waals surface area contributed by atoms with Crippen molar-refractivity contribution in [3.05, 3.63) is 35.4 Å². The maximum Gasteiger partial charge on any atom is 0.329 e. The predicted molar refractivity (Wildman–Crippen MR) is 60.5 cm³/mol. The van der Waals surface area contributed by atoms with Gasteiger partial charge in [0.05, 0.1) is 18.2 Å².